The average molecular weight is 274 g/mol. The van der Waals surface area contributed by atoms with Gasteiger partial charge in [0.1, 0.15) is 0 Å². The lowest BCUT2D eigenvalue weighted by Gasteiger charge is -2.27. The van der Waals surface area contributed by atoms with Gasteiger partial charge in [0.25, 0.3) is 0 Å². The molecule has 1 aliphatic heterocycles. The molecule has 3 heteroatoms. The lowest BCUT2D eigenvalue weighted by Crippen LogP contribution is -2.42. The van der Waals surface area contributed by atoms with Crippen LogP contribution in [0.1, 0.15) is 37.3 Å². The largest absolute Gasteiger partial charge is 0.356 e. The van der Waals surface area contributed by atoms with E-state index in [1.165, 1.54) is 24.0 Å². The highest BCUT2D eigenvalue weighted by molar-refractivity contribution is 5.76. The molecule has 1 saturated heterocycles. The second kappa shape index (κ2) is 7.44. The summed E-state index contributed by atoms with van der Waals surface area (Å²) in [6, 6.07) is 9.04. The number of nitrogens with one attached hydrogen (secondary N) is 2. The number of benzene rings is 1. The van der Waals surface area contributed by atoms with Crippen molar-refractivity contribution in [3.8, 4) is 0 Å². The van der Waals surface area contributed by atoms with Gasteiger partial charge in [-0.2, -0.15) is 0 Å². The first kappa shape index (κ1) is 15.0. The number of hydrogen-bond donors (Lipinski definition) is 2. The second-order valence-corrected chi connectivity index (χ2v) is 6.04. The van der Waals surface area contributed by atoms with E-state index in [2.05, 4.69) is 48.7 Å². The third kappa shape index (κ3) is 4.97. The van der Waals surface area contributed by atoms with Crippen molar-refractivity contribution in [2.24, 2.45) is 5.92 Å². The Bertz CT molecular complexity index is 419. The van der Waals surface area contributed by atoms with E-state index >= 15 is 0 Å². The van der Waals surface area contributed by atoms with Gasteiger partial charge in [-0.15, -0.1) is 0 Å². The topological polar surface area (TPSA) is 41.1 Å². The summed E-state index contributed by atoms with van der Waals surface area (Å²) in [5.41, 5.74) is 2.50. The van der Waals surface area contributed by atoms with Gasteiger partial charge in [-0.1, -0.05) is 29.8 Å². The Morgan fingerprint density at radius 2 is 2.05 bits per heavy atom. The Hall–Kier alpha value is -1.35. The third-order valence-corrected chi connectivity index (χ3v) is 4.11. The Labute approximate surface area is 122 Å². The van der Waals surface area contributed by atoms with Crippen LogP contribution >= 0.6 is 0 Å². The molecule has 1 aromatic carbocycles. The van der Waals surface area contributed by atoms with Gasteiger partial charge in [-0.05, 0) is 51.1 Å². The fourth-order valence-corrected chi connectivity index (χ4v) is 2.59. The van der Waals surface area contributed by atoms with Crippen molar-refractivity contribution >= 4 is 5.91 Å². The molecule has 1 amide bonds. The zero-order valence-corrected chi connectivity index (χ0v) is 12.6. The Kier molecular flexibility index (Phi) is 5.60. The molecule has 0 aliphatic carbocycles. The van der Waals surface area contributed by atoms with Crippen LogP contribution in [-0.4, -0.2) is 25.0 Å². The van der Waals surface area contributed by atoms with Crippen LogP contribution in [-0.2, 0) is 11.2 Å². The first-order valence-electron chi connectivity index (χ1n) is 7.69. The molecular weight excluding hydrogens is 248 g/mol. The van der Waals surface area contributed by atoms with Crippen LogP contribution in [0.15, 0.2) is 24.3 Å². The zero-order valence-electron chi connectivity index (χ0n) is 12.6. The fourth-order valence-electron chi connectivity index (χ4n) is 2.59. The highest BCUT2D eigenvalue weighted by atomic mass is 16.1. The van der Waals surface area contributed by atoms with E-state index in [-0.39, 0.29) is 5.91 Å². The van der Waals surface area contributed by atoms with E-state index in [0.717, 1.165) is 19.5 Å². The molecule has 1 aromatic rings. The molecule has 0 spiro atoms. The minimum Gasteiger partial charge on any atom is -0.356 e. The van der Waals surface area contributed by atoms with Crippen LogP contribution in [0.25, 0.3) is 0 Å². The van der Waals surface area contributed by atoms with E-state index in [9.17, 15) is 4.79 Å². The van der Waals surface area contributed by atoms with Crippen LogP contribution in [0.3, 0.4) is 0 Å². The molecular formula is C17H26N2O. The number of rotatable bonds is 5. The molecule has 2 rings (SSSR count). The molecule has 1 aliphatic rings. The molecule has 0 saturated carbocycles. The molecule has 1 fully saturated rings. The normalized spacial score (nSPS) is 22.5. The first-order chi connectivity index (χ1) is 9.63. The SMILES string of the molecule is Cc1ccc(CCC(=O)NCC2CCC(C)NC2)cc1. The lowest BCUT2D eigenvalue weighted by atomic mass is 9.95. The Morgan fingerprint density at radius 3 is 2.70 bits per heavy atom. The van der Waals surface area contributed by atoms with Crippen LogP contribution < -0.4 is 10.6 Å². The summed E-state index contributed by atoms with van der Waals surface area (Å²) in [4.78, 5) is 11.9. The van der Waals surface area contributed by atoms with Gasteiger partial charge in [0.15, 0.2) is 0 Å². The van der Waals surface area contributed by atoms with Crippen LogP contribution in [0, 0.1) is 12.8 Å². The van der Waals surface area contributed by atoms with E-state index in [0.29, 0.717) is 18.4 Å². The van der Waals surface area contributed by atoms with Gasteiger partial charge in [-0.25, -0.2) is 0 Å². The van der Waals surface area contributed by atoms with Gasteiger partial charge in [0, 0.05) is 19.0 Å². The molecule has 1 heterocycles. The standard InChI is InChI=1S/C17H26N2O/c1-13-3-6-15(7-4-13)9-10-17(20)19-12-16-8-5-14(2)18-11-16/h3-4,6-7,14,16,18H,5,8-12H2,1-2H3,(H,19,20). The maximum Gasteiger partial charge on any atom is 0.220 e. The van der Waals surface area contributed by atoms with Crippen molar-refractivity contribution in [1.82, 2.24) is 10.6 Å². The number of carbonyl (C=O) groups is 1. The fraction of sp³-hybridized carbons (Fsp3) is 0.588. The summed E-state index contributed by atoms with van der Waals surface area (Å²) in [5, 5.41) is 6.54. The van der Waals surface area contributed by atoms with Gasteiger partial charge < -0.3 is 10.6 Å². The van der Waals surface area contributed by atoms with Gasteiger partial charge in [-0.3, -0.25) is 4.79 Å². The molecule has 110 valence electrons. The molecule has 0 radical (unpaired) electrons. The van der Waals surface area contributed by atoms with Crippen LogP contribution in [0.5, 0.6) is 0 Å². The van der Waals surface area contributed by atoms with Crippen LogP contribution in [0.4, 0.5) is 0 Å². The first-order valence-corrected chi connectivity index (χ1v) is 7.69. The third-order valence-electron chi connectivity index (χ3n) is 4.11. The highest BCUT2D eigenvalue weighted by Gasteiger charge is 2.17. The summed E-state index contributed by atoms with van der Waals surface area (Å²) in [7, 11) is 0. The summed E-state index contributed by atoms with van der Waals surface area (Å²) >= 11 is 0. The second-order valence-electron chi connectivity index (χ2n) is 6.04. The molecule has 3 nitrogen and oxygen atoms in total. The van der Waals surface area contributed by atoms with E-state index in [1.807, 2.05) is 0 Å². The van der Waals surface area contributed by atoms with Crippen molar-refractivity contribution in [2.75, 3.05) is 13.1 Å². The molecule has 2 atom stereocenters. The minimum absolute atomic E-state index is 0.171. The lowest BCUT2D eigenvalue weighted by molar-refractivity contribution is -0.121. The average Bonchev–Trinajstić information content (AvgIpc) is 2.46. The smallest absolute Gasteiger partial charge is 0.220 e. The van der Waals surface area contributed by atoms with Crippen molar-refractivity contribution in [2.45, 2.75) is 45.6 Å². The summed E-state index contributed by atoms with van der Waals surface area (Å²) in [5.74, 6) is 0.763. The van der Waals surface area contributed by atoms with Crippen molar-refractivity contribution in [3.63, 3.8) is 0 Å². The minimum atomic E-state index is 0.171. The van der Waals surface area contributed by atoms with Crippen LogP contribution in [0.2, 0.25) is 0 Å². The van der Waals surface area contributed by atoms with Crippen molar-refractivity contribution in [1.29, 1.82) is 0 Å². The molecule has 2 N–H and O–H groups in total. The number of piperidine rings is 1. The Morgan fingerprint density at radius 1 is 1.30 bits per heavy atom. The Balaban J connectivity index is 1.64. The van der Waals surface area contributed by atoms with E-state index < -0.39 is 0 Å². The number of hydrogen-bond acceptors (Lipinski definition) is 2. The molecule has 0 bridgehead atoms. The monoisotopic (exact) mass is 274 g/mol. The molecule has 20 heavy (non-hydrogen) atoms. The van der Waals surface area contributed by atoms with Crippen molar-refractivity contribution < 1.29 is 4.79 Å². The molecule has 2 unspecified atom stereocenters. The summed E-state index contributed by atoms with van der Waals surface area (Å²) < 4.78 is 0. The quantitative estimate of drug-likeness (QED) is 0.866. The predicted octanol–water partition coefficient (Wildman–Crippen LogP) is 2.43. The van der Waals surface area contributed by atoms with Gasteiger partial charge in [0.05, 0.1) is 0 Å². The predicted molar refractivity (Wildman–Crippen MR) is 82.7 cm³/mol. The zero-order chi connectivity index (χ0) is 14.4. The summed E-state index contributed by atoms with van der Waals surface area (Å²) in [6.07, 6.45) is 3.84. The maximum atomic E-state index is 11.9. The maximum absolute atomic E-state index is 11.9. The summed E-state index contributed by atoms with van der Waals surface area (Å²) in [6.45, 7) is 6.14. The number of carbonyl (C=O) groups excluding carboxylic acids is 1. The highest BCUT2D eigenvalue weighted by Crippen LogP contribution is 2.13. The van der Waals surface area contributed by atoms with E-state index in [4.69, 9.17) is 0 Å². The molecule has 0 aromatic heterocycles. The van der Waals surface area contributed by atoms with Gasteiger partial charge >= 0.3 is 0 Å². The van der Waals surface area contributed by atoms with Gasteiger partial charge in [0.2, 0.25) is 5.91 Å². The van der Waals surface area contributed by atoms with Crippen molar-refractivity contribution in [3.05, 3.63) is 35.4 Å². The van der Waals surface area contributed by atoms with E-state index in [1.54, 1.807) is 0 Å². The number of aryl methyl sites for hydroxylation is 2. The number of amides is 1.